The summed E-state index contributed by atoms with van der Waals surface area (Å²) in [6.45, 7) is 1.08. The van der Waals surface area contributed by atoms with Crippen LogP contribution in [0.4, 0.5) is 8.78 Å². The molecule has 0 bridgehead atoms. The van der Waals surface area contributed by atoms with E-state index < -0.39 is 29.4 Å². The number of imide groups is 1. The number of carbonyl (C=O) groups excluding carboxylic acids is 3. The summed E-state index contributed by atoms with van der Waals surface area (Å²) in [6.07, 6.45) is 0.497. The van der Waals surface area contributed by atoms with Crippen LogP contribution in [-0.2, 0) is 22.7 Å². The van der Waals surface area contributed by atoms with Gasteiger partial charge in [0.2, 0.25) is 11.8 Å². The summed E-state index contributed by atoms with van der Waals surface area (Å²) in [6, 6.07) is 16.5. The van der Waals surface area contributed by atoms with Crippen LogP contribution in [0.25, 0.3) is 22.3 Å². The number of nitrogens with one attached hydrogen (secondary N) is 1. The van der Waals surface area contributed by atoms with Gasteiger partial charge in [-0.25, -0.2) is 8.78 Å². The summed E-state index contributed by atoms with van der Waals surface area (Å²) in [5.74, 6) is -2.76. The van der Waals surface area contributed by atoms with E-state index >= 15 is 0 Å². The van der Waals surface area contributed by atoms with Crippen LogP contribution in [0.15, 0.2) is 65.1 Å². The van der Waals surface area contributed by atoms with Crippen molar-refractivity contribution in [3.8, 4) is 11.3 Å². The molecule has 3 N–H and O–H groups in total. The average molecular weight is 518 g/mol. The van der Waals surface area contributed by atoms with Gasteiger partial charge in [-0.1, -0.05) is 36.4 Å². The number of piperidine rings is 1. The summed E-state index contributed by atoms with van der Waals surface area (Å²) >= 11 is 0. The Balaban J connectivity index is 1.25. The van der Waals surface area contributed by atoms with E-state index in [2.05, 4.69) is 5.32 Å². The van der Waals surface area contributed by atoms with Crippen LogP contribution in [-0.4, -0.2) is 29.7 Å². The van der Waals surface area contributed by atoms with E-state index in [9.17, 15) is 23.2 Å². The number of amides is 3. The molecule has 3 amide bonds. The molecule has 3 aromatic carbocycles. The van der Waals surface area contributed by atoms with Crippen LogP contribution >= 0.6 is 0 Å². The average Bonchev–Trinajstić information content (AvgIpc) is 3.28. The molecule has 1 aliphatic rings. The first kappa shape index (κ1) is 25.3. The zero-order valence-electron chi connectivity index (χ0n) is 20.6. The lowest BCUT2D eigenvalue weighted by Crippen LogP contribution is -2.39. The fourth-order valence-electron chi connectivity index (χ4n) is 4.84. The molecular formula is C29H25F2N3O4. The number of fused-ring (bicyclic) bond motifs is 1. The maximum Gasteiger partial charge on any atom is 0.252 e. The number of benzene rings is 3. The van der Waals surface area contributed by atoms with Crippen molar-refractivity contribution in [2.45, 2.75) is 31.8 Å². The van der Waals surface area contributed by atoms with E-state index in [1.54, 1.807) is 18.2 Å². The van der Waals surface area contributed by atoms with Gasteiger partial charge in [0.1, 0.15) is 23.0 Å². The maximum atomic E-state index is 14.8. The van der Waals surface area contributed by atoms with E-state index in [0.29, 0.717) is 36.2 Å². The highest BCUT2D eigenvalue weighted by Crippen LogP contribution is 2.31. The molecule has 1 saturated heterocycles. The van der Waals surface area contributed by atoms with Gasteiger partial charge in [-0.15, -0.1) is 0 Å². The predicted octanol–water partition coefficient (Wildman–Crippen LogP) is 4.63. The number of nitrogens with zero attached hydrogens (tertiary/aromatic N) is 1. The molecule has 0 radical (unpaired) electrons. The molecular weight excluding hydrogens is 492 g/mol. The lowest BCUT2D eigenvalue weighted by Gasteiger charge is -2.22. The molecule has 1 aliphatic heterocycles. The molecule has 1 aromatic heterocycles. The second-order valence-corrected chi connectivity index (χ2v) is 9.58. The topological polar surface area (TPSA) is 106 Å². The number of carbonyl (C=O) groups is 3. The Labute approximate surface area is 217 Å². The van der Waals surface area contributed by atoms with Gasteiger partial charge in [0.25, 0.3) is 5.91 Å². The number of hydrogen-bond acceptors (Lipinski definition) is 5. The molecule has 1 unspecified atom stereocenters. The predicted molar refractivity (Wildman–Crippen MR) is 137 cm³/mol. The molecule has 0 saturated carbocycles. The van der Waals surface area contributed by atoms with Gasteiger partial charge in [-0.3, -0.25) is 24.6 Å². The minimum Gasteiger partial charge on any atom is -0.455 e. The van der Waals surface area contributed by atoms with Crippen molar-refractivity contribution in [2.75, 3.05) is 7.05 Å². The molecule has 194 valence electrons. The molecule has 5 rings (SSSR count). The Morgan fingerprint density at radius 2 is 1.74 bits per heavy atom. The largest absolute Gasteiger partial charge is 0.455 e. The first-order chi connectivity index (χ1) is 18.2. The van der Waals surface area contributed by atoms with Crippen molar-refractivity contribution in [1.82, 2.24) is 10.2 Å². The second-order valence-electron chi connectivity index (χ2n) is 9.58. The molecule has 0 aliphatic carbocycles. The van der Waals surface area contributed by atoms with Crippen molar-refractivity contribution in [1.29, 1.82) is 0 Å². The third-order valence-corrected chi connectivity index (χ3v) is 6.67. The third kappa shape index (κ3) is 5.19. The van der Waals surface area contributed by atoms with Crippen molar-refractivity contribution in [3.05, 3.63) is 94.6 Å². The fraction of sp³-hybridized carbons (Fsp3) is 0.207. The van der Waals surface area contributed by atoms with E-state index in [1.165, 1.54) is 12.1 Å². The highest BCUT2D eigenvalue weighted by atomic mass is 19.1. The van der Waals surface area contributed by atoms with Crippen LogP contribution < -0.4 is 11.1 Å². The smallest absolute Gasteiger partial charge is 0.252 e. The lowest BCUT2D eigenvalue weighted by atomic mass is 9.89. The van der Waals surface area contributed by atoms with Gasteiger partial charge in [0.05, 0.1) is 11.5 Å². The summed E-state index contributed by atoms with van der Waals surface area (Å²) < 4.78 is 34.5. The Kier molecular flexibility index (Phi) is 6.77. The number of nitrogens with two attached hydrogens (primary N) is 1. The minimum absolute atomic E-state index is 0.00827. The molecule has 7 nitrogen and oxygen atoms in total. The summed E-state index contributed by atoms with van der Waals surface area (Å²) in [7, 11) is 1.92. The van der Waals surface area contributed by atoms with Gasteiger partial charge in [0.15, 0.2) is 0 Å². The summed E-state index contributed by atoms with van der Waals surface area (Å²) in [4.78, 5) is 37.2. The zero-order valence-corrected chi connectivity index (χ0v) is 20.6. The number of rotatable bonds is 7. The van der Waals surface area contributed by atoms with E-state index in [-0.39, 0.29) is 23.5 Å². The standard InChI is InChI=1S/C29H25F2N3O4/c1-34(15-17-4-7-21(24(31)10-17)22-8-9-26(35)33-29(22)37)14-16-2-5-18(6-3-16)25-12-19-11-20(30)13-23(28(32)36)27(19)38-25/h2-7,10-13,22H,8-9,14-15H2,1H3,(H2,32,36)(H,33,35,37). The zero-order chi connectivity index (χ0) is 27.0. The van der Waals surface area contributed by atoms with E-state index in [4.69, 9.17) is 10.2 Å². The van der Waals surface area contributed by atoms with Crippen LogP contribution in [0.2, 0.25) is 0 Å². The molecule has 9 heteroatoms. The second kappa shape index (κ2) is 10.2. The first-order valence-electron chi connectivity index (χ1n) is 12.1. The van der Waals surface area contributed by atoms with Crippen LogP contribution in [0.5, 0.6) is 0 Å². The number of primary amides is 1. The molecule has 38 heavy (non-hydrogen) atoms. The van der Waals surface area contributed by atoms with Gasteiger partial charge < -0.3 is 10.2 Å². The SMILES string of the molecule is CN(Cc1ccc(-c2cc3cc(F)cc(C(N)=O)c3o2)cc1)Cc1ccc(C2CCC(=O)NC2=O)c(F)c1. The normalized spacial score (nSPS) is 15.7. The van der Waals surface area contributed by atoms with Crippen LogP contribution in [0.3, 0.4) is 0 Å². The van der Waals surface area contributed by atoms with Crippen molar-refractivity contribution in [2.24, 2.45) is 5.73 Å². The highest BCUT2D eigenvalue weighted by Gasteiger charge is 2.30. The number of hydrogen-bond donors (Lipinski definition) is 2. The maximum absolute atomic E-state index is 14.8. The van der Waals surface area contributed by atoms with Crippen LogP contribution in [0.1, 0.15) is 45.8 Å². The van der Waals surface area contributed by atoms with Crippen molar-refractivity contribution >= 4 is 28.7 Å². The molecule has 4 aromatic rings. The Hall–Kier alpha value is -4.37. The van der Waals surface area contributed by atoms with Crippen LogP contribution in [0, 0.1) is 11.6 Å². The minimum atomic E-state index is -0.765. The lowest BCUT2D eigenvalue weighted by molar-refractivity contribution is -0.134. The summed E-state index contributed by atoms with van der Waals surface area (Å²) in [5.41, 5.74) is 8.43. The third-order valence-electron chi connectivity index (χ3n) is 6.67. The summed E-state index contributed by atoms with van der Waals surface area (Å²) in [5, 5.41) is 2.72. The van der Waals surface area contributed by atoms with Gasteiger partial charge in [0, 0.05) is 36.0 Å². The monoisotopic (exact) mass is 517 g/mol. The van der Waals surface area contributed by atoms with Gasteiger partial charge >= 0.3 is 0 Å². The Morgan fingerprint density at radius 3 is 2.42 bits per heavy atom. The fourth-order valence-corrected chi connectivity index (χ4v) is 4.84. The van der Waals surface area contributed by atoms with Gasteiger partial charge in [-0.05, 0) is 48.9 Å². The Bertz CT molecular complexity index is 1560. The van der Waals surface area contributed by atoms with Gasteiger partial charge in [-0.2, -0.15) is 0 Å². The first-order valence-corrected chi connectivity index (χ1v) is 12.1. The highest BCUT2D eigenvalue weighted by molar-refractivity contribution is 6.05. The molecule has 1 atom stereocenters. The van der Waals surface area contributed by atoms with E-state index in [0.717, 1.165) is 22.8 Å². The molecule has 1 fully saturated rings. The quantitative estimate of drug-likeness (QED) is 0.348. The number of furan rings is 1. The Morgan fingerprint density at radius 1 is 1.03 bits per heavy atom. The van der Waals surface area contributed by atoms with E-state index in [1.807, 2.05) is 36.2 Å². The van der Waals surface area contributed by atoms with Crippen molar-refractivity contribution < 1.29 is 27.6 Å². The molecule has 2 heterocycles. The number of halogens is 2. The molecule has 0 spiro atoms. The van der Waals surface area contributed by atoms with Crippen molar-refractivity contribution in [3.63, 3.8) is 0 Å².